The first-order valence-electron chi connectivity index (χ1n) is 8.01. The Kier molecular flexibility index (Phi) is 4.83. The smallest absolute Gasteiger partial charge is 0.438 e. The van der Waals surface area contributed by atoms with Gasteiger partial charge in [-0.3, -0.25) is 4.84 Å². The van der Waals surface area contributed by atoms with Crippen LogP contribution < -0.4 is 5.06 Å². The van der Waals surface area contributed by atoms with Gasteiger partial charge in [-0.15, -0.1) is 0 Å². The minimum absolute atomic E-state index is 0.0198. The van der Waals surface area contributed by atoms with Gasteiger partial charge in [0.25, 0.3) is 0 Å². The molecule has 126 valence electrons. The molecule has 0 fully saturated rings. The van der Waals surface area contributed by atoms with Gasteiger partial charge in [-0.25, -0.2) is 4.79 Å². The van der Waals surface area contributed by atoms with Crippen molar-refractivity contribution in [2.75, 3.05) is 18.8 Å². The van der Waals surface area contributed by atoms with Crippen molar-refractivity contribution in [3.8, 4) is 0 Å². The summed E-state index contributed by atoms with van der Waals surface area (Å²) in [7, 11) is 1.30. The van der Waals surface area contributed by atoms with E-state index < -0.39 is 11.7 Å². The number of amides is 1. The van der Waals surface area contributed by atoms with Crippen LogP contribution in [-0.2, 0) is 21.6 Å². The zero-order chi connectivity index (χ0) is 17.0. The molecule has 0 saturated heterocycles. The minimum Gasteiger partial charge on any atom is -0.451 e. The van der Waals surface area contributed by atoms with E-state index in [1.165, 1.54) is 7.11 Å². The molecule has 0 aromatic heterocycles. The maximum Gasteiger partial charge on any atom is 0.438 e. The summed E-state index contributed by atoms with van der Waals surface area (Å²) in [4.78, 5) is 17.7. The largest absolute Gasteiger partial charge is 0.451 e. The van der Waals surface area contributed by atoms with Gasteiger partial charge in [-0.05, 0) is 42.5 Å². The first-order valence-corrected chi connectivity index (χ1v) is 8.01. The molecule has 1 N–H and O–H groups in total. The molecule has 5 nitrogen and oxygen atoms in total. The van der Waals surface area contributed by atoms with Gasteiger partial charge >= 0.3 is 6.09 Å². The van der Waals surface area contributed by atoms with E-state index in [0.717, 1.165) is 29.0 Å². The Morgan fingerprint density at radius 2 is 1.88 bits per heavy atom. The van der Waals surface area contributed by atoms with Gasteiger partial charge in [-0.2, -0.15) is 5.06 Å². The molecule has 1 amide bonds. The lowest BCUT2D eigenvalue weighted by molar-refractivity contribution is -0.0662. The Morgan fingerprint density at radius 3 is 2.62 bits per heavy atom. The average Bonchev–Trinajstić information content (AvgIpc) is 2.63. The lowest BCUT2D eigenvalue weighted by Gasteiger charge is -2.35. The summed E-state index contributed by atoms with van der Waals surface area (Å²) in [6, 6.07) is 16.8. The van der Waals surface area contributed by atoms with Crippen LogP contribution in [0.15, 0.2) is 54.6 Å². The van der Waals surface area contributed by atoms with Gasteiger partial charge < -0.3 is 9.84 Å². The Labute approximate surface area is 141 Å². The molecule has 0 heterocycles. The van der Waals surface area contributed by atoms with Crippen LogP contribution in [0.3, 0.4) is 0 Å². The highest BCUT2D eigenvalue weighted by Crippen LogP contribution is 2.36. The monoisotopic (exact) mass is 327 g/mol. The summed E-state index contributed by atoms with van der Waals surface area (Å²) < 4.78 is 4.79. The van der Waals surface area contributed by atoms with Crippen LogP contribution in [0.5, 0.6) is 0 Å². The predicted molar refractivity (Wildman–Crippen MR) is 90.6 cm³/mol. The van der Waals surface area contributed by atoms with Gasteiger partial charge in [0.15, 0.2) is 0 Å². The third kappa shape index (κ3) is 3.27. The lowest BCUT2D eigenvalue weighted by atomic mass is 9.80. The molecule has 1 aliphatic carbocycles. The molecule has 0 spiro atoms. The van der Waals surface area contributed by atoms with E-state index in [1.807, 2.05) is 30.3 Å². The quantitative estimate of drug-likeness (QED) is 0.874. The molecule has 1 unspecified atom stereocenters. The van der Waals surface area contributed by atoms with Crippen molar-refractivity contribution in [2.24, 2.45) is 0 Å². The van der Waals surface area contributed by atoms with Crippen LogP contribution in [0.4, 0.5) is 10.5 Å². The van der Waals surface area contributed by atoms with Crippen LogP contribution in [-0.4, -0.2) is 24.9 Å². The van der Waals surface area contributed by atoms with Crippen LogP contribution in [0.1, 0.15) is 24.0 Å². The zero-order valence-corrected chi connectivity index (χ0v) is 13.6. The van der Waals surface area contributed by atoms with Gasteiger partial charge in [0.1, 0.15) is 12.2 Å². The lowest BCUT2D eigenvalue weighted by Crippen LogP contribution is -2.41. The Hall–Kier alpha value is -2.37. The van der Waals surface area contributed by atoms with Crippen molar-refractivity contribution in [1.29, 1.82) is 0 Å². The third-order valence-electron chi connectivity index (χ3n) is 4.32. The molecule has 1 aliphatic rings. The molecule has 5 heteroatoms. The van der Waals surface area contributed by atoms with Crippen LogP contribution in [0.25, 0.3) is 0 Å². The number of aryl methyl sites for hydroxylation is 1. The number of fused-ring (bicyclic) bond motifs is 1. The highest BCUT2D eigenvalue weighted by atomic mass is 16.7. The van der Waals surface area contributed by atoms with Gasteiger partial charge in [0.2, 0.25) is 0 Å². The number of carbonyl (C=O) groups is 1. The molecule has 24 heavy (non-hydrogen) atoms. The van der Waals surface area contributed by atoms with Gasteiger partial charge in [0, 0.05) is 0 Å². The molecule has 2 aromatic rings. The average molecular weight is 327 g/mol. The number of nitrogens with zero attached hydrogens (tertiary/aromatic N) is 1. The number of methoxy groups -OCH3 is 1. The summed E-state index contributed by atoms with van der Waals surface area (Å²) in [5.74, 6) is 0. The number of hydrogen-bond donors (Lipinski definition) is 1. The Bertz CT molecular complexity index is 704. The maximum absolute atomic E-state index is 12.0. The molecule has 0 saturated carbocycles. The van der Waals surface area contributed by atoms with E-state index in [1.54, 1.807) is 24.3 Å². The van der Waals surface area contributed by atoms with E-state index in [-0.39, 0.29) is 6.61 Å². The maximum atomic E-state index is 12.0. The third-order valence-corrected chi connectivity index (χ3v) is 4.32. The fourth-order valence-corrected chi connectivity index (χ4v) is 3.10. The second kappa shape index (κ2) is 7.03. The van der Waals surface area contributed by atoms with Gasteiger partial charge in [0.05, 0.1) is 12.8 Å². The summed E-state index contributed by atoms with van der Waals surface area (Å²) in [6.45, 7) is -0.0198. The number of carbonyl (C=O) groups excluding carboxylic acids is 1. The SMILES string of the molecule is COC(=O)N(OCC1(O)CCCc2ccccc21)c1ccccc1. The number of ether oxygens (including phenoxy) is 1. The molecule has 0 radical (unpaired) electrons. The second-order valence-electron chi connectivity index (χ2n) is 5.92. The molecular weight excluding hydrogens is 306 g/mol. The van der Waals surface area contributed by atoms with E-state index in [4.69, 9.17) is 9.57 Å². The fraction of sp³-hybridized carbons (Fsp3) is 0.316. The summed E-state index contributed by atoms with van der Waals surface area (Å²) in [5.41, 5.74) is 1.43. The van der Waals surface area contributed by atoms with Crippen LogP contribution in [0, 0.1) is 0 Å². The molecule has 2 aromatic carbocycles. The molecule has 0 bridgehead atoms. The summed E-state index contributed by atoms with van der Waals surface area (Å²) in [6.07, 6.45) is 1.78. The number of hydrogen-bond acceptors (Lipinski definition) is 4. The second-order valence-corrected chi connectivity index (χ2v) is 5.92. The van der Waals surface area contributed by atoms with E-state index in [9.17, 15) is 9.90 Å². The van der Waals surface area contributed by atoms with Crippen molar-refractivity contribution in [1.82, 2.24) is 0 Å². The zero-order valence-electron chi connectivity index (χ0n) is 13.6. The van der Waals surface area contributed by atoms with Crippen LogP contribution >= 0.6 is 0 Å². The van der Waals surface area contributed by atoms with Gasteiger partial charge in [-0.1, -0.05) is 42.5 Å². The first kappa shape index (κ1) is 16.5. The standard InChI is InChI=1S/C19H21NO4/c1-23-18(21)20(16-10-3-2-4-11-16)24-14-19(22)13-7-9-15-8-5-6-12-17(15)19/h2-6,8,10-12,22H,7,9,13-14H2,1H3. The van der Waals surface area contributed by atoms with Crippen molar-refractivity contribution in [2.45, 2.75) is 24.9 Å². The number of para-hydroxylation sites is 1. The van der Waals surface area contributed by atoms with Crippen molar-refractivity contribution in [3.05, 3.63) is 65.7 Å². The summed E-state index contributed by atoms with van der Waals surface area (Å²) >= 11 is 0. The molecule has 0 aliphatic heterocycles. The molecule has 3 rings (SSSR count). The van der Waals surface area contributed by atoms with E-state index in [2.05, 4.69) is 0 Å². The number of benzene rings is 2. The number of aliphatic hydroxyl groups is 1. The molecule has 1 atom stereocenters. The highest BCUT2D eigenvalue weighted by Gasteiger charge is 2.36. The van der Waals surface area contributed by atoms with Crippen molar-refractivity contribution in [3.63, 3.8) is 0 Å². The normalized spacial score (nSPS) is 19.4. The van der Waals surface area contributed by atoms with Crippen molar-refractivity contribution >= 4 is 11.8 Å². The van der Waals surface area contributed by atoms with E-state index >= 15 is 0 Å². The summed E-state index contributed by atoms with van der Waals surface area (Å²) in [5, 5.41) is 12.1. The Balaban J connectivity index is 1.81. The highest BCUT2D eigenvalue weighted by molar-refractivity contribution is 5.85. The predicted octanol–water partition coefficient (Wildman–Crippen LogP) is 3.42. The minimum atomic E-state index is -1.12. The topological polar surface area (TPSA) is 59.0 Å². The van der Waals surface area contributed by atoms with Crippen LogP contribution in [0.2, 0.25) is 0 Å². The number of hydroxylamine groups is 1. The fourth-order valence-electron chi connectivity index (χ4n) is 3.10. The first-order chi connectivity index (χ1) is 11.6. The number of anilines is 1. The van der Waals surface area contributed by atoms with E-state index in [0.29, 0.717) is 12.1 Å². The van der Waals surface area contributed by atoms with Crippen molar-refractivity contribution < 1.29 is 19.5 Å². The Morgan fingerprint density at radius 1 is 1.17 bits per heavy atom. The number of rotatable bonds is 4. The molecular formula is C19H21NO4.